The molecular formula is C28H24FN5O2. The summed E-state index contributed by atoms with van der Waals surface area (Å²) in [6.07, 6.45) is 6.01. The van der Waals surface area contributed by atoms with Gasteiger partial charge in [-0.2, -0.15) is 0 Å². The number of rotatable bonds is 8. The van der Waals surface area contributed by atoms with Crippen molar-refractivity contribution in [3.8, 4) is 11.3 Å². The van der Waals surface area contributed by atoms with Gasteiger partial charge in [0, 0.05) is 29.0 Å². The second-order valence-electron chi connectivity index (χ2n) is 8.51. The van der Waals surface area contributed by atoms with E-state index in [2.05, 4.69) is 20.3 Å². The Morgan fingerprint density at radius 1 is 1.00 bits per heavy atom. The van der Waals surface area contributed by atoms with E-state index in [1.54, 1.807) is 30.7 Å². The minimum Gasteiger partial charge on any atom is -0.357 e. The standard InChI is InChI=1S/C28H24FN5O2/c29-22-9-6-19(7-10-22)8-11-25-28(36)34(26(17-31-25)20-4-2-1-3-5-20)18-27(35)32-16-23-14-21-15-30-13-12-24(21)33-23/h1-7,9-10,12-15,17,33H,8,11,16,18H2,(H,32,35). The monoisotopic (exact) mass is 481 g/mol. The zero-order valence-electron chi connectivity index (χ0n) is 19.4. The van der Waals surface area contributed by atoms with Gasteiger partial charge >= 0.3 is 0 Å². The fraction of sp³-hybridized carbons (Fsp3) is 0.143. The van der Waals surface area contributed by atoms with Crippen molar-refractivity contribution in [2.45, 2.75) is 25.9 Å². The predicted molar refractivity (Wildman–Crippen MR) is 136 cm³/mol. The van der Waals surface area contributed by atoms with Crippen LogP contribution in [-0.4, -0.2) is 25.4 Å². The fourth-order valence-corrected chi connectivity index (χ4v) is 4.13. The molecule has 0 aliphatic carbocycles. The number of amides is 1. The van der Waals surface area contributed by atoms with Gasteiger partial charge in [0.2, 0.25) is 5.91 Å². The topological polar surface area (TPSA) is 92.7 Å². The maximum Gasteiger partial charge on any atom is 0.273 e. The molecule has 3 aromatic heterocycles. The third-order valence-corrected chi connectivity index (χ3v) is 6.01. The lowest BCUT2D eigenvalue weighted by molar-refractivity contribution is -0.121. The molecule has 0 atom stereocenters. The molecule has 3 heterocycles. The first-order chi connectivity index (χ1) is 17.6. The number of carbonyl (C=O) groups excluding carboxylic acids is 1. The Kier molecular flexibility index (Phi) is 6.66. The number of nitrogens with one attached hydrogen (secondary N) is 2. The van der Waals surface area contributed by atoms with Gasteiger partial charge in [-0.15, -0.1) is 0 Å². The smallest absolute Gasteiger partial charge is 0.273 e. The lowest BCUT2D eigenvalue weighted by atomic mass is 10.1. The highest BCUT2D eigenvalue weighted by atomic mass is 19.1. The molecule has 0 aliphatic heterocycles. The van der Waals surface area contributed by atoms with E-state index in [1.165, 1.54) is 16.7 Å². The summed E-state index contributed by atoms with van der Waals surface area (Å²) in [4.78, 5) is 38.1. The SMILES string of the molecule is O=C(Cn1c(-c2ccccc2)cnc(CCc2ccc(F)cc2)c1=O)NCc1cc2cnccc2[nH]1. The Morgan fingerprint density at radius 3 is 2.58 bits per heavy atom. The zero-order chi connectivity index (χ0) is 24.9. The van der Waals surface area contributed by atoms with Crippen LogP contribution in [0.3, 0.4) is 0 Å². The summed E-state index contributed by atoms with van der Waals surface area (Å²) in [5, 5.41) is 3.85. The molecular weight excluding hydrogens is 457 g/mol. The first kappa shape index (κ1) is 23.2. The van der Waals surface area contributed by atoms with Gasteiger partial charge in [0.05, 0.1) is 18.4 Å². The van der Waals surface area contributed by atoms with Crippen molar-refractivity contribution >= 4 is 16.8 Å². The van der Waals surface area contributed by atoms with Crippen LogP contribution in [0.25, 0.3) is 22.2 Å². The largest absolute Gasteiger partial charge is 0.357 e. The van der Waals surface area contributed by atoms with Crippen LogP contribution < -0.4 is 10.9 Å². The van der Waals surface area contributed by atoms with Crippen LogP contribution in [0.15, 0.2) is 90.1 Å². The molecule has 0 saturated carbocycles. The van der Waals surface area contributed by atoms with Gasteiger partial charge in [0.25, 0.3) is 5.56 Å². The Morgan fingerprint density at radius 2 is 1.81 bits per heavy atom. The number of nitrogens with zero attached hydrogens (tertiary/aromatic N) is 3. The molecule has 7 nitrogen and oxygen atoms in total. The van der Waals surface area contributed by atoms with Crippen molar-refractivity contribution in [2.24, 2.45) is 0 Å². The van der Waals surface area contributed by atoms with Crippen molar-refractivity contribution < 1.29 is 9.18 Å². The summed E-state index contributed by atoms with van der Waals surface area (Å²) in [6.45, 7) is 0.155. The summed E-state index contributed by atoms with van der Waals surface area (Å²) in [6, 6.07) is 19.4. The second kappa shape index (κ2) is 10.4. The fourth-order valence-electron chi connectivity index (χ4n) is 4.13. The summed E-state index contributed by atoms with van der Waals surface area (Å²) < 4.78 is 14.7. The number of aromatic nitrogens is 4. The molecule has 5 aromatic rings. The van der Waals surface area contributed by atoms with E-state index in [-0.39, 0.29) is 23.8 Å². The minimum atomic E-state index is -0.315. The van der Waals surface area contributed by atoms with Gasteiger partial charge in [-0.05, 0) is 48.2 Å². The quantitative estimate of drug-likeness (QED) is 0.350. The first-order valence-electron chi connectivity index (χ1n) is 11.6. The highest BCUT2D eigenvalue weighted by Crippen LogP contribution is 2.18. The molecule has 0 saturated heterocycles. The van der Waals surface area contributed by atoms with Crippen LogP contribution in [-0.2, 0) is 30.7 Å². The number of carbonyl (C=O) groups is 1. The Labute approximate surface area is 206 Å². The number of fused-ring (bicyclic) bond motifs is 1. The zero-order valence-corrected chi connectivity index (χ0v) is 19.4. The molecule has 1 amide bonds. The lowest BCUT2D eigenvalue weighted by Gasteiger charge is -2.14. The average Bonchev–Trinajstić information content (AvgIpc) is 3.32. The molecule has 0 aliphatic rings. The first-order valence-corrected chi connectivity index (χ1v) is 11.6. The molecule has 0 unspecified atom stereocenters. The molecule has 2 N–H and O–H groups in total. The van der Waals surface area contributed by atoms with Gasteiger partial charge < -0.3 is 10.3 Å². The average molecular weight is 482 g/mol. The summed E-state index contributed by atoms with van der Waals surface area (Å²) in [5.41, 5.74) is 4.09. The predicted octanol–water partition coefficient (Wildman–Crippen LogP) is 4.03. The van der Waals surface area contributed by atoms with Crippen LogP contribution in [0.4, 0.5) is 4.39 Å². The molecule has 36 heavy (non-hydrogen) atoms. The molecule has 0 fully saturated rings. The van der Waals surface area contributed by atoms with Gasteiger partial charge in [0.1, 0.15) is 18.1 Å². The normalized spacial score (nSPS) is 11.0. The van der Waals surface area contributed by atoms with Crippen molar-refractivity contribution in [1.82, 2.24) is 24.8 Å². The van der Waals surface area contributed by atoms with E-state index in [0.717, 1.165) is 27.7 Å². The molecule has 8 heteroatoms. The van der Waals surface area contributed by atoms with Crippen LogP contribution >= 0.6 is 0 Å². The van der Waals surface area contributed by atoms with Crippen LogP contribution in [0, 0.1) is 5.82 Å². The van der Waals surface area contributed by atoms with Gasteiger partial charge in [-0.25, -0.2) is 4.39 Å². The van der Waals surface area contributed by atoms with Crippen LogP contribution in [0.2, 0.25) is 0 Å². The van der Waals surface area contributed by atoms with E-state index in [9.17, 15) is 14.0 Å². The summed E-state index contributed by atoms with van der Waals surface area (Å²) in [5.74, 6) is -0.594. The highest BCUT2D eigenvalue weighted by molar-refractivity contribution is 5.80. The number of benzene rings is 2. The molecule has 0 bridgehead atoms. The molecule has 5 rings (SSSR count). The van der Waals surface area contributed by atoms with Crippen molar-refractivity contribution in [3.05, 3.63) is 118 Å². The van der Waals surface area contributed by atoms with Gasteiger partial charge in [-0.1, -0.05) is 42.5 Å². The number of halogens is 1. The molecule has 0 spiro atoms. The van der Waals surface area contributed by atoms with Crippen molar-refractivity contribution in [1.29, 1.82) is 0 Å². The molecule has 0 radical (unpaired) electrons. The number of hydrogen-bond donors (Lipinski definition) is 2. The molecule has 180 valence electrons. The number of pyridine rings is 1. The highest BCUT2D eigenvalue weighted by Gasteiger charge is 2.15. The van der Waals surface area contributed by atoms with Gasteiger partial charge in [0.15, 0.2) is 0 Å². The van der Waals surface area contributed by atoms with Crippen molar-refractivity contribution in [2.75, 3.05) is 0 Å². The minimum absolute atomic E-state index is 0.142. The Bertz CT molecular complexity index is 1530. The van der Waals surface area contributed by atoms with E-state index in [4.69, 9.17) is 0 Å². The third kappa shape index (κ3) is 5.22. The van der Waals surface area contributed by atoms with Crippen LogP contribution in [0.1, 0.15) is 17.0 Å². The number of H-pyrrole nitrogens is 1. The number of aryl methyl sites for hydroxylation is 2. The third-order valence-electron chi connectivity index (χ3n) is 6.01. The van der Waals surface area contributed by atoms with Crippen LogP contribution in [0.5, 0.6) is 0 Å². The maximum atomic E-state index is 13.4. The van der Waals surface area contributed by atoms with E-state index < -0.39 is 0 Å². The number of hydrogen-bond acceptors (Lipinski definition) is 4. The second-order valence-corrected chi connectivity index (χ2v) is 8.51. The Balaban J connectivity index is 1.36. The van der Waals surface area contributed by atoms with E-state index >= 15 is 0 Å². The van der Waals surface area contributed by atoms with Gasteiger partial charge in [-0.3, -0.25) is 24.1 Å². The Hall–Kier alpha value is -4.59. The lowest BCUT2D eigenvalue weighted by Crippen LogP contribution is -2.34. The molecule has 2 aromatic carbocycles. The summed E-state index contributed by atoms with van der Waals surface area (Å²) in [7, 11) is 0. The number of aromatic amines is 1. The van der Waals surface area contributed by atoms with E-state index in [1.807, 2.05) is 42.5 Å². The maximum absolute atomic E-state index is 13.4. The summed E-state index contributed by atoms with van der Waals surface area (Å²) >= 11 is 0. The van der Waals surface area contributed by atoms with E-state index in [0.29, 0.717) is 30.8 Å². The van der Waals surface area contributed by atoms with Crippen molar-refractivity contribution in [3.63, 3.8) is 0 Å².